The van der Waals surface area contributed by atoms with Gasteiger partial charge in [0.1, 0.15) is 5.82 Å². The highest BCUT2D eigenvalue weighted by molar-refractivity contribution is 7.89. The summed E-state index contributed by atoms with van der Waals surface area (Å²) in [6.45, 7) is 0. The molecule has 2 rings (SSSR count). The van der Waals surface area contributed by atoms with Crippen LogP contribution in [0.2, 0.25) is 0 Å². The van der Waals surface area contributed by atoms with Gasteiger partial charge in [-0.3, -0.25) is 4.79 Å². The predicted molar refractivity (Wildman–Crippen MR) is 86.4 cm³/mol. The van der Waals surface area contributed by atoms with E-state index in [0.717, 1.165) is 22.5 Å². The van der Waals surface area contributed by atoms with E-state index in [1.165, 1.54) is 26.2 Å². The highest BCUT2D eigenvalue weighted by Gasteiger charge is 2.21. The van der Waals surface area contributed by atoms with E-state index < -0.39 is 27.3 Å². The van der Waals surface area contributed by atoms with Gasteiger partial charge in [-0.2, -0.15) is 5.26 Å². The molecule has 0 fully saturated rings. The summed E-state index contributed by atoms with van der Waals surface area (Å²) < 4.78 is 39.1. The van der Waals surface area contributed by atoms with E-state index in [9.17, 15) is 17.6 Å². The number of amides is 1. The Labute approximate surface area is 139 Å². The van der Waals surface area contributed by atoms with Crippen LogP contribution >= 0.6 is 0 Å². The topological polar surface area (TPSA) is 90.3 Å². The maximum Gasteiger partial charge on any atom is 0.258 e. The highest BCUT2D eigenvalue weighted by atomic mass is 32.2. The Kier molecular flexibility index (Phi) is 4.97. The molecular weight excluding hydrogens is 333 g/mol. The number of nitrogens with one attached hydrogen (secondary N) is 1. The number of carbonyl (C=O) groups is 1. The third kappa shape index (κ3) is 3.59. The fourth-order valence-corrected chi connectivity index (χ4v) is 2.84. The molecule has 0 spiro atoms. The molecule has 0 heterocycles. The Morgan fingerprint density at radius 2 is 1.92 bits per heavy atom. The molecule has 2 aromatic carbocycles. The smallest absolute Gasteiger partial charge is 0.258 e. The summed E-state index contributed by atoms with van der Waals surface area (Å²) in [4.78, 5) is 12.1. The average Bonchev–Trinajstić information content (AvgIpc) is 2.54. The Bertz CT molecular complexity index is 934. The average molecular weight is 347 g/mol. The number of hydrogen-bond acceptors (Lipinski definition) is 4. The van der Waals surface area contributed by atoms with Crippen molar-refractivity contribution in [2.24, 2.45) is 0 Å². The van der Waals surface area contributed by atoms with Gasteiger partial charge < -0.3 is 5.32 Å². The number of benzene rings is 2. The van der Waals surface area contributed by atoms with Crippen molar-refractivity contribution < 1.29 is 17.6 Å². The molecule has 0 aromatic heterocycles. The summed E-state index contributed by atoms with van der Waals surface area (Å²) in [5.41, 5.74) is 0.233. The third-order valence-corrected chi connectivity index (χ3v) is 5.02. The van der Waals surface area contributed by atoms with Crippen molar-refractivity contribution in [3.63, 3.8) is 0 Å². The van der Waals surface area contributed by atoms with Crippen molar-refractivity contribution in [2.75, 3.05) is 19.4 Å². The summed E-state index contributed by atoms with van der Waals surface area (Å²) >= 11 is 0. The first-order chi connectivity index (χ1) is 11.3. The number of nitrogens with zero attached hydrogens (tertiary/aromatic N) is 2. The van der Waals surface area contributed by atoms with Gasteiger partial charge in [-0.15, -0.1) is 0 Å². The van der Waals surface area contributed by atoms with Gasteiger partial charge in [0.2, 0.25) is 10.0 Å². The van der Waals surface area contributed by atoms with Crippen LogP contribution in [0, 0.1) is 17.1 Å². The summed E-state index contributed by atoms with van der Waals surface area (Å²) in [5.74, 6) is -1.65. The maximum absolute atomic E-state index is 13.9. The van der Waals surface area contributed by atoms with Crippen LogP contribution in [0.1, 0.15) is 15.9 Å². The van der Waals surface area contributed by atoms with Gasteiger partial charge in [0.25, 0.3) is 5.91 Å². The van der Waals surface area contributed by atoms with Crippen LogP contribution in [0.25, 0.3) is 0 Å². The first kappa shape index (κ1) is 17.6. The van der Waals surface area contributed by atoms with Crippen LogP contribution in [0.15, 0.2) is 47.4 Å². The molecule has 6 nitrogen and oxygen atoms in total. The molecule has 8 heteroatoms. The zero-order chi connectivity index (χ0) is 17.9. The number of hydrogen-bond donors (Lipinski definition) is 1. The zero-order valence-electron chi connectivity index (χ0n) is 12.9. The predicted octanol–water partition coefficient (Wildman–Crippen LogP) is 2.20. The third-order valence-electron chi connectivity index (χ3n) is 3.21. The number of nitriles is 1. The van der Waals surface area contributed by atoms with Crippen molar-refractivity contribution in [2.45, 2.75) is 4.90 Å². The minimum absolute atomic E-state index is 0.190. The van der Waals surface area contributed by atoms with Crippen molar-refractivity contribution >= 4 is 21.6 Å². The lowest BCUT2D eigenvalue weighted by Crippen LogP contribution is -2.23. The maximum atomic E-state index is 13.9. The van der Waals surface area contributed by atoms with Crippen LogP contribution in [0.4, 0.5) is 10.1 Å². The molecule has 0 saturated carbocycles. The minimum Gasteiger partial charge on any atom is -0.322 e. The quantitative estimate of drug-likeness (QED) is 0.918. The normalized spacial score (nSPS) is 11.1. The Hall–Kier alpha value is -2.76. The zero-order valence-corrected chi connectivity index (χ0v) is 13.8. The monoisotopic (exact) mass is 347 g/mol. The lowest BCUT2D eigenvalue weighted by atomic mass is 10.1. The Morgan fingerprint density at radius 1 is 1.21 bits per heavy atom. The van der Waals surface area contributed by atoms with E-state index >= 15 is 0 Å². The van der Waals surface area contributed by atoms with E-state index in [-0.39, 0.29) is 4.90 Å². The van der Waals surface area contributed by atoms with E-state index in [1.54, 1.807) is 12.1 Å². The fraction of sp³-hybridized carbons (Fsp3) is 0.125. The van der Waals surface area contributed by atoms with Crippen LogP contribution in [-0.2, 0) is 10.0 Å². The summed E-state index contributed by atoms with van der Waals surface area (Å²) in [5, 5.41) is 11.3. The minimum atomic E-state index is -3.79. The van der Waals surface area contributed by atoms with E-state index in [1.807, 2.05) is 6.07 Å². The number of sulfonamides is 1. The molecule has 1 N–H and O–H groups in total. The molecule has 124 valence electrons. The van der Waals surface area contributed by atoms with Crippen LogP contribution in [0.3, 0.4) is 0 Å². The van der Waals surface area contributed by atoms with Crippen molar-refractivity contribution in [1.82, 2.24) is 4.31 Å². The second kappa shape index (κ2) is 6.78. The highest BCUT2D eigenvalue weighted by Crippen LogP contribution is 2.19. The van der Waals surface area contributed by atoms with Gasteiger partial charge >= 0.3 is 0 Å². The van der Waals surface area contributed by atoms with Crippen molar-refractivity contribution in [3.05, 3.63) is 59.4 Å². The second-order valence-corrected chi connectivity index (χ2v) is 7.23. The number of anilines is 1. The summed E-state index contributed by atoms with van der Waals surface area (Å²) in [7, 11) is -1.11. The molecular formula is C16H14FN3O3S. The molecule has 0 atom stereocenters. The van der Waals surface area contributed by atoms with Gasteiger partial charge in [0, 0.05) is 19.8 Å². The standard InChI is InChI=1S/C16H14FN3O3S/c1-20(2)24(22,23)13-6-7-15(17)14(9-13)16(21)19-12-5-3-4-11(8-12)10-18/h3-9H,1-2H3,(H,19,21). The first-order valence-corrected chi connectivity index (χ1v) is 8.23. The van der Waals surface area contributed by atoms with Gasteiger partial charge in [0.15, 0.2) is 0 Å². The molecule has 24 heavy (non-hydrogen) atoms. The van der Waals surface area contributed by atoms with Crippen molar-refractivity contribution in [3.8, 4) is 6.07 Å². The molecule has 0 aliphatic rings. The number of halogens is 1. The van der Waals surface area contributed by atoms with Crippen LogP contribution in [0.5, 0.6) is 0 Å². The molecule has 0 aliphatic carbocycles. The molecule has 0 aliphatic heterocycles. The molecule has 0 saturated heterocycles. The molecule has 1 amide bonds. The first-order valence-electron chi connectivity index (χ1n) is 6.79. The van der Waals surface area contributed by atoms with Gasteiger partial charge in [-0.1, -0.05) is 6.07 Å². The summed E-state index contributed by atoms with van der Waals surface area (Å²) in [6.07, 6.45) is 0. The molecule has 0 bridgehead atoms. The molecule has 0 radical (unpaired) electrons. The van der Waals surface area contributed by atoms with Crippen LogP contribution in [-0.4, -0.2) is 32.7 Å². The van der Waals surface area contributed by atoms with Gasteiger partial charge in [-0.05, 0) is 36.4 Å². The Balaban J connectivity index is 2.37. The molecule has 0 unspecified atom stereocenters. The summed E-state index contributed by atoms with van der Waals surface area (Å²) in [6, 6.07) is 11.0. The molecule has 2 aromatic rings. The van der Waals surface area contributed by atoms with Crippen molar-refractivity contribution in [1.29, 1.82) is 5.26 Å². The van der Waals surface area contributed by atoms with Crippen LogP contribution < -0.4 is 5.32 Å². The lowest BCUT2D eigenvalue weighted by molar-refractivity contribution is 0.102. The lowest BCUT2D eigenvalue weighted by Gasteiger charge is -2.13. The largest absolute Gasteiger partial charge is 0.322 e. The fourth-order valence-electron chi connectivity index (χ4n) is 1.91. The van der Waals surface area contributed by atoms with E-state index in [2.05, 4.69) is 5.32 Å². The van der Waals surface area contributed by atoms with E-state index in [4.69, 9.17) is 5.26 Å². The second-order valence-electron chi connectivity index (χ2n) is 5.08. The number of rotatable bonds is 4. The van der Waals surface area contributed by atoms with E-state index in [0.29, 0.717) is 11.3 Å². The van der Waals surface area contributed by atoms with Gasteiger partial charge in [-0.25, -0.2) is 17.1 Å². The SMILES string of the molecule is CN(C)S(=O)(=O)c1ccc(F)c(C(=O)Nc2cccc(C#N)c2)c1. The van der Waals surface area contributed by atoms with Gasteiger partial charge in [0.05, 0.1) is 22.1 Å². The Morgan fingerprint density at radius 3 is 2.54 bits per heavy atom. The number of carbonyl (C=O) groups excluding carboxylic acids is 1.